The monoisotopic (exact) mass is 317 g/mol. The van der Waals surface area contributed by atoms with Crippen LogP contribution in [0.1, 0.15) is 10.9 Å². The Morgan fingerprint density at radius 3 is 2.47 bits per heavy atom. The molecule has 0 aromatic heterocycles. The molecule has 1 aliphatic rings. The van der Waals surface area contributed by atoms with Crippen molar-refractivity contribution in [1.82, 2.24) is 4.90 Å². The van der Waals surface area contributed by atoms with Crippen LogP contribution >= 0.6 is 27.5 Å². The normalized spacial score (nSPS) is 17.9. The number of rotatable bonds is 2. The van der Waals surface area contributed by atoms with Gasteiger partial charge in [0.05, 0.1) is 13.2 Å². The number of carbonyl (C=O) groups is 1. The zero-order chi connectivity index (χ0) is 12.3. The van der Waals surface area contributed by atoms with E-state index in [1.807, 2.05) is 24.3 Å². The zero-order valence-corrected chi connectivity index (χ0v) is 11.6. The molecule has 2 rings (SSSR count). The maximum Gasteiger partial charge on any atom is 0.245 e. The molecule has 0 radical (unpaired) electrons. The van der Waals surface area contributed by atoms with Crippen molar-refractivity contribution in [3.8, 4) is 0 Å². The Hall–Kier alpha value is -0.580. The van der Waals surface area contributed by atoms with Gasteiger partial charge in [-0.3, -0.25) is 4.79 Å². The third-order valence-corrected chi connectivity index (χ3v) is 3.67. The summed E-state index contributed by atoms with van der Waals surface area (Å²) in [7, 11) is 0. The quantitative estimate of drug-likeness (QED) is 0.785. The SMILES string of the molecule is O=C(C(Cl)c1ccc(Br)cc1)N1CCOCC1. The van der Waals surface area contributed by atoms with E-state index in [2.05, 4.69) is 15.9 Å². The summed E-state index contributed by atoms with van der Waals surface area (Å²) in [5.74, 6) is -0.0442. The minimum absolute atomic E-state index is 0.0442. The Kier molecular flexibility index (Phi) is 4.42. The van der Waals surface area contributed by atoms with Crippen LogP contribution in [0.25, 0.3) is 0 Å². The lowest BCUT2D eigenvalue weighted by atomic mass is 10.1. The lowest BCUT2D eigenvalue weighted by Crippen LogP contribution is -2.42. The van der Waals surface area contributed by atoms with Gasteiger partial charge < -0.3 is 9.64 Å². The molecular weight excluding hydrogens is 305 g/mol. The van der Waals surface area contributed by atoms with E-state index in [4.69, 9.17) is 16.3 Å². The molecule has 1 amide bonds. The number of ether oxygens (including phenoxy) is 1. The number of hydrogen-bond donors (Lipinski definition) is 0. The molecule has 1 saturated heterocycles. The number of benzene rings is 1. The fraction of sp³-hybridized carbons (Fsp3) is 0.417. The number of nitrogens with zero attached hydrogens (tertiary/aromatic N) is 1. The zero-order valence-electron chi connectivity index (χ0n) is 9.23. The molecule has 1 unspecified atom stereocenters. The average molecular weight is 319 g/mol. The number of hydrogen-bond acceptors (Lipinski definition) is 2. The molecule has 1 atom stereocenters. The predicted octanol–water partition coefficient (Wildman–Crippen LogP) is 2.59. The van der Waals surface area contributed by atoms with Gasteiger partial charge in [0, 0.05) is 17.6 Å². The smallest absolute Gasteiger partial charge is 0.245 e. The first-order valence-electron chi connectivity index (χ1n) is 5.44. The Labute approximate surface area is 114 Å². The first kappa shape index (κ1) is 12.9. The lowest BCUT2D eigenvalue weighted by Gasteiger charge is -2.28. The van der Waals surface area contributed by atoms with Crippen LogP contribution in [-0.2, 0) is 9.53 Å². The molecule has 92 valence electrons. The Bertz CT molecular complexity index is 390. The highest BCUT2D eigenvalue weighted by atomic mass is 79.9. The predicted molar refractivity (Wildman–Crippen MR) is 70.1 cm³/mol. The molecule has 0 N–H and O–H groups in total. The van der Waals surface area contributed by atoms with E-state index in [-0.39, 0.29) is 5.91 Å². The second-order valence-corrected chi connectivity index (χ2v) is 5.20. The van der Waals surface area contributed by atoms with Gasteiger partial charge in [0.1, 0.15) is 5.38 Å². The van der Waals surface area contributed by atoms with Crippen molar-refractivity contribution in [2.45, 2.75) is 5.38 Å². The van der Waals surface area contributed by atoms with Crippen LogP contribution in [0.15, 0.2) is 28.7 Å². The maximum atomic E-state index is 12.1. The number of morpholine rings is 1. The van der Waals surface area contributed by atoms with Gasteiger partial charge in [-0.15, -0.1) is 11.6 Å². The molecule has 3 nitrogen and oxygen atoms in total. The van der Waals surface area contributed by atoms with Crippen LogP contribution < -0.4 is 0 Å². The molecular formula is C12H13BrClNO2. The number of carbonyl (C=O) groups excluding carboxylic acids is 1. The second-order valence-electron chi connectivity index (χ2n) is 3.85. The summed E-state index contributed by atoms with van der Waals surface area (Å²) < 4.78 is 6.18. The van der Waals surface area contributed by atoms with Crippen LogP contribution in [0.4, 0.5) is 0 Å². The van der Waals surface area contributed by atoms with Gasteiger partial charge in [0.25, 0.3) is 0 Å². The summed E-state index contributed by atoms with van der Waals surface area (Å²) in [6, 6.07) is 7.49. The molecule has 1 aromatic carbocycles. The van der Waals surface area contributed by atoms with Crippen LogP contribution in [0, 0.1) is 0 Å². The van der Waals surface area contributed by atoms with Gasteiger partial charge in [-0.05, 0) is 17.7 Å². The summed E-state index contributed by atoms with van der Waals surface area (Å²) in [5.41, 5.74) is 0.825. The van der Waals surface area contributed by atoms with E-state index < -0.39 is 5.38 Å². The molecule has 0 spiro atoms. The molecule has 17 heavy (non-hydrogen) atoms. The van der Waals surface area contributed by atoms with Gasteiger partial charge in [0.2, 0.25) is 5.91 Å². The van der Waals surface area contributed by atoms with Crippen molar-refractivity contribution >= 4 is 33.4 Å². The molecule has 1 fully saturated rings. The summed E-state index contributed by atoms with van der Waals surface area (Å²) >= 11 is 9.55. The Balaban J connectivity index is 2.05. The molecule has 0 saturated carbocycles. The fourth-order valence-corrected chi connectivity index (χ4v) is 2.27. The number of alkyl halides is 1. The van der Waals surface area contributed by atoms with Crippen molar-refractivity contribution < 1.29 is 9.53 Å². The van der Waals surface area contributed by atoms with Crippen molar-refractivity contribution in [3.63, 3.8) is 0 Å². The second kappa shape index (κ2) is 5.85. The van der Waals surface area contributed by atoms with Gasteiger partial charge >= 0.3 is 0 Å². The molecule has 0 aliphatic carbocycles. The van der Waals surface area contributed by atoms with Crippen LogP contribution in [0.5, 0.6) is 0 Å². The van der Waals surface area contributed by atoms with Crippen molar-refractivity contribution in [2.24, 2.45) is 0 Å². The Morgan fingerprint density at radius 1 is 1.29 bits per heavy atom. The highest BCUT2D eigenvalue weighted by Crippen LogP contribution is 2.24. The highest BCUT2D eigenvalue weighted by Gasteiger charge is 2.25. The molecule has 0 bridgehead atoms. The van der Waals surface area contributed by atoms with Crippen LogP contribution in [-0.4, -0.2) is 37.1 Å². The molecule has 5 heteroatoms. The number of amides is 1. The Morgan fingerprint density at radius 2 is 1.88 bits per heavy atom. The number of halogens is 2. The van der Waals surface area contributed by atoms with Crippen molar-refractivity contribution in [2.75, 3.05) is 26.3 Å². The summed E-state index contributed by atoms with van der Waals surface area (Å²) in [6.07, 6.45) is 0. The van der Waals surface area contributed by atoms with Crippen LogP contribution in [0.2, 0.25) is 0 Å². The summed E-state index contributed by atoms with van der Waals surface area (Å²) in [6.45, 7) is 2.43. The molecule has 1 heterocycles. The van der Waals surface area contributed by atoms with Gasteiger partial charge in [-0.25, -0.2) is 0 Å². The fourth-order valence-electron chi connectivity index (χ4n) is 1.72. The van der Waals surface area contributed by atoms with E-state index >= 15 is 0 Å². The third kappa shape index (κ3) is 3.21. The van der Waals surface area contributed by atoms with Gasteiger partial charge in [-0.1, -0.05) is 28.1 Å². The maximum absolute atomic E-state index is 12.1. The van der Waals surface area contributed by atoms with E-state index in [1.54, 1.807) is 4.90 Å². The first-order chi connectivity index (χ1) is 8.18. The topological polar surface area (TPSA) is 29.5 Å². The van der Waals surface area contributed by atoms with E-state index in [9.17, 15) is 4.79 Å². The molecule has 1 aromatic rings. The summed E-state index contributed by atoms with van der Waals surface area (Å²) in [4.78, 5) is 13.9. The largest absolute Gasteiger partial charge is 0.378 e. The highest BCUT2D eigenvalue weighted by molar-refractivity contribution is 9.10. The van der Waals surface area contributed by atoms with Gasteiger partial charge in [-0.2, -0.15) is 0 Å². The molecule has 1 aliphatic heterocycles. The minimum atomic E-state index is -0.610. The van der Waals surface area contributed by atoms with E-state index in [0.717, 1.165) is 10.0 Å². The first-order valence-corrected chi connectivity index (χ1v) is 6.67. The summed E-state index contributed by atoms with van der Waals surface area (Å²) in [5, 5.41) is -0.610. The van der Waals surface area contributed by atoms with E-state index in [0.29, 0.717) is 26.3 Å². The average Bonchev–Trinajstić information content (AvgIpc) is 2.39. The standard InChI is InChI=1S/C12H13BrClNO2/c13-10-3-1-9(2-4-10)11(14)12(16)15-5-7-17-8-6-15/h1-4,11H,5-8H2. The van der Waals surface area contributed by atoms with Gasteiger partial charge in [0.15, 0.2) is 0 Å². The van der Waals surface area contributed by atoms with Crippen molar-refractivity contribution in [1.29, 1.82) is 0 Å². The third-order valence-electron chi connectivity index (χ3n) is 2.70. The van der Waals surface area contributed by atoms with Crippen molar-refractivity contribution in [3.05, 3.63) is 34.3 Å². The minimum Gasteiger partial charge on any atom is -0.378 e. The van der Waals surface area contributed by atoms with E-state index in [1.165, 1.54) is 0 Å². The van der Waals surface area contributed by atoms with Crippen LogP contribution in [0.3, 0.4) is 0 Å². The lowest BCUT2D eigenvalue weighted by molar-refractivity contribution is -0.134.